The first kappa shape index (κ1) is 11.3. The zero-order valence-corrected chi connectivity index (χ0v) is 9.92. The van der Waals surface area contributed by atoms with Crippen LogP contribution >= 0.6 is 7.60 Å². The number of hydrogen-bond donors (Lipinski definition) is 1. The van der Waals surface area contributed by atoms with E-state index in [1.54, 1.807) is 25.3 Å². The fraction of sp³-hybridized carbons (Fsp3) is 0.429. The second kappa shape index (κ2) is 4.15. The number of allylic oxidation sites excluding steroid dienone is 2. The molecule has 0 spiro atoms. The predicted molar refractivity (Wildman–Crippen MR) is 58.0 cm³/mol. The molecule has 74 valence electrons. The third kappa shape index (κ3) is 2.36. The van der Waals surface area contributed by atoms with Crippen molar-refractivity contribution in [2.75, 3.05) is 6.61 Å². The van der Waals surface area contributed by atoms with Gasteiger partial charge >= 0.3 is 7.60 Å². The number of rotatable bonds is 3. The lowest BCUT2D eigenvalue weighted by molar-refractivity contribution is 0.282. The maximum absolute atomic E-state index is 11.6. The summed E-state index contributed by atoms with van der Waals surface area (Å²) in [7, 11) is -4.29. The van der Waals surface area contributed by atoms with Gasteiger partial charge in [0.1, 0.15) is 4.65 Å². The van der Waals surface area contributed by atoms with Crippen LogP contribution in [0, 0.1) is 0 Å². The Labute approximate surface area is 84.6 Å². The van der Waals surface area contributed by atoms with Gasteiger partial charge < -0.3 is 9.42 Å². The van der Waals surface area contributed by atoms with E-state index < -0.39 is 17.1 Å². The van der Waals surface area contributed by atoms with E-state index >= 15 is 0 Å². The van der Waals surface area contributed by atoms with Crippen molar-refractivity contribution in [1.82, 2.24) is 0 Å². The smallest absolute Gasteiger partial charge is 0.321 e. The third-order valence-corrected chi connectivity index (χ3v) is 6.58. The monoisotopic (exact) mass is 238 g/mol. The van der Waals surface area contributed by atoms with Gasteiger partial charge in [0.25, 0.3) is 0 Å². The van der Waals surface area contributed by atoms with Crippen LogP contribution in [0.25, 0.3) is 0 Å². The van der Waals surface area contributed by atoms with Gasteiger partial charge in [0.15, 0.2) is 0 Å². The van der Waals surface area contributed by atoms with Crippen molar-refractivity contribution in [3.63, 3.8) is 0 Å². The Kier molecular flexibility index (Phi) is 3.60. The van der Waals surface area contributed by atoms with Crippen molar-refractivity contribution in [3.8, 4) is 0 Å². The van der Waals surface area contributed by atoms with Gasteiger partial charge in [-0.3, -0.25) is 4.57 Å². The van der Waals surface area contributed by atoms with Crippen LogP contribution in [0.3, 0.4) is 0 Å². The summed E-state index contributed by atoms with van der Waals surface area (Å²) >= 11 is 5.03. The minimum absolute atomic E-state index is 0.219. The normalized spacial score (nSPS) is 26.5. The molecule has 2 unspecified atom stereocenters. The van der Waals surface area contributed by atoms with Crippen molar-refractivity contribution in [2.45, 2.75) is 13.8 Å². The molecule has 0 saturated heterocycles. The van der Waals surface area contributed by atoms with Crippen LogP contribution in [0.5, 0.6) is 0 Å². The second-order valence-electron chi connectivity index (χ2n) is 2.53. The fourth-order valence-electron chi connectivity index (χ4n) is 1.03. The quantitative estimate of drug-likeness (QED) is 0.764. The highest BCUT2D eigenvalue weighted by molar-refractivity contribution is 8.35. The molecule has 0 amide bonds. The first-order valence-corrected chi connectivity index (χ1v) is 7.55. The van der Waals surface area contributed by atoms with E-state index in [0.29, 0.717) is 4.65 Å². The SMILES string of the molecule is CCOP(=O)(O)C1=C(C)C=CS1=S. The van der Waals surface area contributed by atoms with E-state index in [0.717, 1.165) is 5.57 Å². The Morgan fingerprint density at radius 2 is 2.38 bits per heavy atom. The van der Waals surface area contributed by atoms with Gasteiger partial charge in [-0.05, 0) is 36.0 Å². The van der Waals surface area contributed by atoms with Gasteiger partial charge in [-0.15, -0.1) is 0 Å². The molecule has 0 fully saturated rings. The van der Waals surface area contributed by atoms with Gasteiger partial charge in [0.05, 0.1) is 6.61 Å². The van der Waals surface area contributed by atoms with E-state index in [-0.39, 0.29) is 6.61 Å². The molecule has 3 nitrogen and oxygen atoms in total. The van der Waals surface area contributed by atoms with Crippen molar-refractivity contribution < 1.29 is 14.0 Å². The molecular weight excluding hydrogens is 227 g/mol. The maximum Gasteiger partial charge on any atom is 0.365 e. The average molecular weight is 238 g/mol. The first-order valence-electron chi connectivity index (χ1n) is 3.76. The Balaban J connectivity index is 3.03. The third-order valence-electron chi connectivity index (χ3n) is 1.53. The predicted octanol–water partition coefficient (Wildman–Crippen LogP) is 2.05. The van der Waals surface area contributed by atoms with Gasteiger partial charge in [-0.2, -0.15) is 0 Å². The topological polar surface area (TPSA) is 46.5 Å². The second-order valence-corrected chi connectivity index (χ2v) is 6.93. The largest absolute Gasteiger partial charge is 0.365 e. The summed E-state index contributed by atoms with van der Waals surface area (Å²) in [5, 5.41) is 1.75. The summed E-state index contributed by atoms with van der Waals surface area (Å²) in [6, 6.07) is 0. The Morgan fingerprint density at radius 1 is 1.77 bits per heavy atom. The van der Waals surface area contributed by atoms with Crippen molar-refractivity contribution in [1.29, 1.82) is 0 Å². The molecule has 0 aromatic heterocycles. The molecule has 1 aliphatic rings. The summed E-state index contributed by atoms with van der Waals surface area (Å²) in [6.45, 7) is 3.67. The average Bonchev–Trinajstić information content (AvgIpc) is 2.31. The molecule has 0 saturated carbocycles. The van der Waals surface area contributed by atoms with Crippen LogP contribution in [0.4, 0.5) is 0 Å². The highest BCUT2D eigenvalue weighted by atomic mass is 32.8. The standard InChI is InChI=1S/C7H11O3PS2/c1-3-10-11(8,9)7-6(2)4-5-13(7)12/h4-5H,3H2,1-2H3,(H,8,9). The highest BCUT2D eigenvalue weighted by Gasteiger charge is 2.31. The molecule has 6 heteroatoms. The molecule has 0 radical (unpaired) electrons. The van der Waals surface area contributed by atoms with Crippen LogP contribution in [0.1, 0.15) is 13.8 Å². The van der Waals surface area contributed by atoms with E-state index in [9.17, 15) is 9.46 Å². The Hall–Kier alpha value is 0.200. The van der Waals surface area contributed by atoms with Crippen LogP contribution in [-0.2, 0) is 29.7 Å². The summed E-state index contributed by atoms with van der Waals surface area (Å²) in [5.41, 5.74) is 0.762. The van der Waals surface area contributed by atoms with E-state index in [1.165, 1.54) is 0 Å². The molecule has 1 rings (SSSR count). The van der Waals surface area contributed by atoms with Crippen LogP contribution in [-0.4, -0.2) is 11.5 Å². The van der Waals surface area contributed by atoms with E-state index in [1.807, 2.05) is 0 Å². The molecule has 0 bridgehead atoms. The van der Waals surface area contributed by atoms with Crippen molar-refractivity contribution in [2.24, 2.45) is 0 Å². The molecule has 0 aromatic carbocycles. The minimum Gasteiger partial charge on any atom is -0.321 e. The summed E-state index contributed by atoms with van der Waals surface area (Å²) in [4.78, 5) is 9.53. The molecule has 13 heavy (non-hydrogen) atoms. The van der Waals surface area contributed by atoms with Gasteiger partial charge in [0.2, 0.25) is 0 Å². The van der Waals surface area contributed by atoms with Crippen molar-refractivity contribution >= 4 is 28.2 Å². The first-order chi connectivity index (χ1) is 5.99. The molecular formula is C7H11O3PS2. The summed E-state index contributed by atoms with van der Waals surface area (Å²) in [6.07, 6.45) is 1.77. The molecule has 0 aromatic rings. The lowest BCUT2D eigenvalue weighted by Gasteiger charge is -2.13. The zero-order chi connectivity index (χ0) is 10.1. The van der Waals surface area contributed by atoms with Gasteiger partial charge in [-0.25, -0.2) is 0 Å². The minimum atomic E-state index is -3.63. The molecule has 2 atom stereocenters. The van der Waals surface area contributed by atoms with Gasteiger partial charge in [0, 0.05) is 0 Å². The van der Waals surface area contributed by atoms with Gasteiger partial charge in [-0.1, -0.05) is 15.5 Å². The lowest BCUT2D eigenvalue weighted by atomic mass is 10.4. The summed E-state index contributed by atoms with van der Waals surface area (Å²) < 4.78 is 16.8. The van der Waals surface area contributed by atoms with Crippen LogP contribution in [0.15, 0.2) is 21.7 Å². The lowest BCUT2D eigenvalue weighted by Crippen LogP contribution is -1.95. The van der Waals surface area contributed by atoms with Crippen LogP contribution in [0.2, 0.25) is 0 Å². The highest BCUT2D eigenvalue weighted by Crippen LogP contribution is 2.55. The Morgan fingerprint density at radius 3 is 2.77 bits per heavy atom. The van der Waals surface area contributed by atoms with E-state index in [2.05, 4.69) is 0 Å². The maximum atomic E-state index is 11.6. The van der Waals surface area contributed by atoms with Crippen LogP contribution < -0.4 is 0 Å². The zero-order valence-electron chi connectivity index (χ0n) is 7.39. The van der Waals surface area contributed by atoms with Crippen molar-refractivity contribution in [3.05, 3.63) is 21.7 Å². The molecule has 0 aliphatic carbocycles. The fourth-order valence-corrected chi connectivity index (χ4v) is 5.52. The molecule has 1 aliphatic heterocycles. The Bertz CT molecular complexity index is 346. The summed E-state index contributed by atoms with van der Waals surface area (Å²) in [5.74, 6) is 0. The molecule has 1 N–H and O–H groups in total. The molecule has 1 heterocycles. The van der Waals surface area contributed by atoms with E-state index in [4.69, 9.17) is 15.7 Å². The number of hydrogen-bond acceptors (Lipinski definition) is 3.